The van der Waals surface area contributed by atoms with Crippen LogP contribution < -0.4 is 9.30 Å². The van der Waals surface area contributed by atoms with Gasteiger partial charge in [0.15, 0.2) is 0 Å². The van der Waals surface area contributed by atoms with Gasteiger partial charge in [0.05, 0.1) is 6.54 Å². The van der Waals surface area contributed by atoms with Crippen molar-refractivity contribution >= 4 is 28.2 Å². The molecule has 0 aliphatic carbocycles. The number of H-pyrrole nitrogens is 1. The second kappa shape index (κ2) is 5.09. The van der Waals surface area contributed by atoms with Crippen molar-refractivity contribution in [2.24, 2.45) is 0 Å². The highest BCUT2D eigenvalue weighted by Crippen LogP contribution is 2.34. The molecule has 1 N–H and O–H groups in total. The van der Waals surface area contributed by atoms with Crippen LogP contribution in [-0.4, -0.2) is 11.5 Å². The van der Waals surface area contributed by atoms with E-state index in [0.717, 1.165) is 41.0 Å². The molecule has 0 saturated heterocycles. The smallest absolute Gasteiger partial charge is 0.250 e. The van der Waals surface area contributed by atoms with Crippen molar-refractivity contribution in [1.82, 2.24) is 4.98 Å². The van der Waals surface area contributed by atoms with Gasteiger partial charge in [0, 0.05) is 12.5 Å². The molecule has 120 valence electrons. The summed E-state index contributed by atoms with van der Waals surface area (Å²) in [7, 11) is 0. The van der Waals surface area contributed by atoms with Crippen molar-refractivity contribution in [2.75, 3.05) is 11.4 Å². The third kappa shape index (κ3) is 1.90. The molecule has 4 nitrogen and oxygen atoms in total. The van der Waals surface area contributed by atoms with Crippen molar-refractivity contribution in [3.05, 3.63) is 71.3 Å². The predicted molar refractivity (Wildman–Crippen MR) is 98.1 cm³/mol. The van der Waals surface area contributed by atoms with E-state index in [-0.39, 0.29) is 0 Å². The average molecular weight is 325 g/mol. The van der Waals surface area contributed by atoms with Gasteiger partial charge in [0.1, 0.15) is 28.4 Å². The minimum atomic E-state index is 0.701. The summed E-state index contributed by atoms with van der Waals surface area (Å²) in [4.78, 5) is 5.80. The van der Waals surface area contributed by atoms with Crippen LogP contribution in [0, 0.1) is 18.3 Å². The predicted octanol–water partition coefficient (Wildman–Crippen LogP) is 3.78. The second-order valence-corrected chi connectivity index (χ2v) is 6.53. The van der Waals surface area contributed by atoms with Crippen molar-refractivity contribution in [2.45, 2.75) is 13.3 Å². The quantitative estimate of drug-likeness (QED) is 0.541. The maximum Gasteiger partial charge on any atom is 0.250 e. The Morgan fingerprint density at radius 3 is 2.80 bits per heavy atom. The fourth-order valence-electron chi connectivity index (χ4n) is 3.92. The molecule has 5 rings (SSSR count). The number of aryl methyl sites for hydroxylation is 1. The second-order valence-electron chi connectivity index (χ2n) is 6.53. The van der Waals surface area contributed by atoms with Gasteiger partial charge in [-0.25, -0.2) is 0 Å². The number of nitrogens with zero attached hydrogens (tertiary/aromatic N) is 3. The molecule has 0 spiro atoms. The maximum absolute atomic E-state index is 9.66. The molecule has 25 heavy (non-hydrogen) atoms. The number of aromatic amines is 1. The molecule has 2 aromatic heterocycles. The Bertz CT molecular complexity index is 1180. The number of hydrogen-bond donors (Lipinski definition) is 1. The molecular formula is C21H17N4+. The molecule has 0 fully saturated rings. The number of para-hydroxylation sites is 3. The third-order valence-electron chi connectivity index (χ3n) is 5.10. The molecule has 0 saturated carbocycles. The minimum absolute atomic E-state index is 0.701. The summed E-state index contributed by atoms with van der Waals surface area (Å²) in [6, 6.07) is 21.3. The summed E-state index contributed by atoms with van der Waals surface area (Å²) in [6.07, 6.45) is 1.04. The lowest BCUT2D eigenvalue weighted by Gasteiger charge is -2.16. The molecule has 3 heterocycles. The van der Waals surface area contributed by atoms with Crippen molar-refractivity contribution in [3.63, 3.8) is 0 Å². The van der Waals surface area contributed by atoms with E-state index in [4.69, 9.17) is 0 Å². The van der Waals surface area contributed by atoms with E-state index in [1.165, 1.54) is 11.3 Å². The van der Waals surface area contributed by atoms with E-state index in [2.05, 4.69) is 62.8 Å². The SMILES string of the molecule is Cc1cc(N2CCc3ccccc32)[n+]2c([nH]c3ccccc32)c1C#N. The minimum Gasteiger partial charge on any atom is -0.269 e. The van der Waals surface area contributed by atoms with Gasteiger partial charge in [0.25, 0.3) is 0 Å². The first-order chi connectivity index (χ1) is 12.3. The van der Waals surface area contributed by atoms with Gasteiger partial charge in [-0.15, -0.1) is 0 Å². The van der Waals surface area contributed by atoms with Gasteiger partial charge in [-0.1, -0.05) is 30.3 Å². The summed E-state index contributed by atoms with van der Waals surface area (Å²) < 4.78 is 2.18. The fourth-order valence-corrected chi connectivity index (χ4v) is 3.92. The topological polar surface area (TPSA) is 46.9 Å². The Hall–Kier alpha value is -3.32. The van der Waals surface area contributed by atoms with E-state index >= 15 is 0 Å². The van der Waals surface area contributed by atoms with Gasteiger partial charge in [-0.05, 0) is 36.2 Å². The molecule has 4 heteroatoms. The number of imidazole rings is 1. The normalized spacial score (nSPS) is 13.4. The summed E-state index contributed by atoms with van der Waals surface area (Å²) in [5, 5.41) is 9.66. The van der Waals surface area contributed by atoms with Crippen LogP contribution in [-0.2, 0) is 6.42 Å². The van der Waals surface area contributed by atoms with Crippen LogP contribution in [0.5, 0.6) is 0 Å². The van der Waals surface area contributed by atoms with Gasteiger partial charge in [-0.2, -0.15) is 9.66 Å². The van der Waals surface area contributed by atoms with Gasteiger partial charge >= 0.3 is 0 Å². The van der Waals surface area contributed by atoms with Crippen molar-refractivity contribution < 1.29 is 4.40 Å². The highest BCUT2D eigenvalue weighted by Gasteiger charge is 2.30. The average Bonchev–Trinajstić information content (AvgIpc) is 3.23. The Morgan fingerprint density at radius 2 is 1.92 bits per heavy atom. The first kappa shape index (κ1) is 14.1. The van der Waals surface area contributed by atoms with Crippen molar-refractivity contribution in [1.29, 1.82) is 5.26 Å². The molecule has 0 amide bonds. The van der Waals surface area contributed by atoms with E-state index in [9.17, 15) is 5.26 Å². The van der Waals surface area contributed by atoms with E-state index < -0.39 is 0 Å². The highest BCUT2D eigenvalue weighted by atomic mass is 15.2. The van der Waals surface area contributed by atoms with Crippen LogP contribution in [0.25, 0.3) is 16.7 Å². The van der Waals surface area contributed by atoms with E-state index in [1.54, 1.807) is 0 Å². The Labute approximate surface area is 145 Å². The Balaban J connectivity index is 1.90. The zero-order chi connectivity index (χ0) is 17.0. The van der Waals surface area contributed by atoms with Crippen LogP contribution >= 0.6 is 0 Å². The van der Waals surface area contributed by atoms with Crippen LogP contribution in [0.3, 0.4) is 0 Å². The molecule has 0 radical (unpaired) electrons. The summed E-state index contributed by atoms with van der Waals surface area (Å²) >= 11 is 0. The lowest BCUT2D eigenvalue weighted by molar-refractivity contribution is -0.466. The first-order valence-electron chi connectivity index (χ1n) is 8.49. The Morgan fingerprint density at radius 1 is 1.12 bits per heavy atom. The first-order valence-corrected chi connectivity index (χ1v) is 8.49. The monoisotopic (exact) mass is 325 g/mol. The van der Waals surface area contributed by atoms with Crippen LogP contribution in [0.4, 0.5) is 11.5 Å². The third-order valence-corrected chi connectivity index (χ3v) is 5.10. The zero-order valence-corrected chi connectivity index (χ0v) is 14.0. The fraction of sp³-hybridized carbons (Fsp3) is 0.143. The van der Waals surface area contributed by atoms with E-state index in [0.29, 0.717) is 5.56 Å². The van der Waals surface area contributed by atoms with Crippen LogP contribution in [0.1, 0.15) is 16.7 Å². The number of hydrogen-bond acceptors (Lipinski definition) is 2. The van der Waals surface area contributed by atoms with Gasteiger partial charge in [0.2, 0.25) is 11.5 Å². The number of nitriles is 1. The molecule has 4 aromatic rings. The maximum atomic E-state index is 9.66. The highest BCUT2D eigenvalue weighted by molar-refractivity contribution is 5.78. The van der Waals surface area contributed by atoms with Gasteiger partial charge in [-0.3, -0.25) is 9.88 Å². The van der Waals surface area contributed by atoms with Crippen LogP contribution in [0.2, 0.25) is 0 Å². The molecular weight excluding hydrogens is 308 g/mol. The molecule has 0 unspecified atom stereocenters. The standard InChI is InChI=1S/C21H16N4/c1-14-12-20(24-11-10-15-6-2-4-8-18(15)24)25-19-9-5-3-7-17(19)23-21(25)16(14)13-22/h2-9,12H,10-11H2,1H3/p+1. The largest absolute Gasteiger partial charge is 0.269 e. The number of pyridine rings is 1. The molecule has 0 atom stereocenters. The number of rotatable bonds is 1. The summed E-state index contributed by atoms with van der Waals surface area (Å²) in [5.41, 5.74) is 7.32. The van der Waals surface area contributed by atoms with Gasteiger partial charge < -0.3 is 0 Å². The zero-order valence-electron chi connectivity index (χ0n) is 14.0. The van der Waals surface area contributed by atoms with E-state index in [1.807, 2.05) is 19.1 Å². The Kier molecular flexibility index (Phi) is 2.86. The molecule has 2 aromatic carbocycles. The lowest BCUT2D eigenvalue weighted by atomic mass is 10.1. The molecule has 1 aliphatic rings. The number of anilines is 2. The number of fused-ring (bicyclic) bond motifs is 4. The molecule has 1 aliphatic heterocycles. The van der Waals surface area contributed by atoms with Crippen molar-refractivity contribution in [3.8, 4) is 6.07 Å². The van der Waals surface area contributed by atoms with Crippen LogP contribution in [0.15, 0.2) is 54.6 Å². The number of aromatic nitrogens is 2. The summed E-state index contributed by atoms with van der Waals surface area (Å²) in [6.45, 7) is 2.96. The number of benzene rings is 2. The number of nitrogens with one attached hydrogen (secondary N) is 1. The molecule has 0 bridgehead atoms. The summed E-state index contributed by atoms with van der Waals surface area (Å²) in [5.74, 6) is 1.11. The lowest BCUT2D eigenvalue weighted by Crippen LogP contribution is -2.32.